The van der Waals surface area contributed by atoms with Gasteiger partial charge in [-0.3, -0.25) is 0 Å². The van der Waals surface area contributed by atoms with Gasteiger partial charge in [-0.15, -0.1) is 6.58 Å². The number of benzene rings is 2. The van der Waals surface area contributed by atoms with E-state index in [2.05, 4.69) is 78.6 Å². The van der Waals surface area contributed by atoms with E-state index in [0.29, 0.717) is 12.0 Å². The largest absolute Gasteiger partial charge is 0.211 e. The Morgan fingerprint density at radius 3 is 2.17 bits per heavy atom. The zero-order chi connectivity index (χ0) is 26.3. The van der Waals surface area contributed by atoms with Crippen LogP contribution in [0.25, 0.3) is 16.7 Å². The minimum atomic E-state index is -0.0185. The normalized spacial score (nSPS) is 14.3. The van der Waals surface area contributed by atoms with Crippen LogP contribution in [0.2, 0.25) is 0 Å². The van der Waals surface area contributed by atoms with E-state index in [-0.39, 0.29) is 5.83 Å². The van der Waals surface area contributed by atoms with Crippen LogP contribution in [0.5, 0.6) is 0 Å². The molecule has 0 amide bonds. The molecule has 4 rings (SSSR count). The molecule has 35 heavy (non-hydrogen) atoms. The lowest BCUT2D eigenvalue weighted by atomic mass is 9.81. The van der Waals surface area contributed by atoms with Crippen LogP contribution in [0, 0.1) is 27.7 Å². The molecule has 2 aliphatic rings. The third-order valence-corrected chi connectivity index (χ3v) is 6.98. The molecular weight excluding hydrogens is 427 g/mol. The van der Waals surface area contributed by atoms with Crippen LogP contribution < -0.4 is 0 Å². The molecule has 0 nitrogen and oxygen atoms in total. The van der Waals surface area contributed by atoms with Gasteiger partial charge in [0.15, 0.2) is 0 Å². The van der Waals surface area contributed by atoms with Crippen molar-refractivity contribution in [1.82, 2.24) is 0 Å². The zero-order valence-electron chi connectivity index (χ0n) is 23.0. The topological polar surface area (TPSA) is 0 Å². The third kappa shape index (κ3) is 7.04. The Balaban J connectivity index is 0.000000240. The average Bonchev–Trinajstić information content (AvgIpc) is 2.79. The average molecular weight is 471 g/mol. The summed E-state index contributed by atoms with van der Waals surface area (Å²) < 4.78 is 12.9. The highest BCUT2D eigenvalue weighted by Crippen LogP contribution is 2.40. The predicted octanol–water partition coefficient (Wildman–Crippen LogP) is 10.7. The summed E-state index contributed by atoms with van der Waals surface area (Å²) in [5, 5.41) is 0. The van der Waals surface area contributed by atoms with Gasteiger partial charge in [-0.05, 0) is 117 Å². The van der Waals surface area contributed by atoms with E-state index >= 15 is 0 Å². The van der Waals surface area contributed by atoms with Gasteiger partial charge in [0.1, 0.15) is 5.83 Å². The summed E-state index contributed by atoms with van der Waals surface area (Å²) in [5.74, 6) is -0.0185. The van der Waals surface area contributed by atoms with Crippen molar-refractivity contribution in [2.45, 2.75) is 80.6 Å². The van der Waals surface area contributed by atoms with Gasteiger partial charge in [0.2, 0.25) is 0 Å². The lowest BCUT2D eigenvalue weighted by molar-refractivity contribution is 0.578. The summed E-state index contributed by atoms with van der Waals surface area (Å²) in [5.41, 5.74) is 15.4. The number of hydrogen-bond donors (Lipinski definition) is 0. The molecule has 2 aromatic carbocycles. The second-order valence-corrected chi connectivity index (χ2v) is 9.90. The van der Waals surface area contributed by atoms with Crippen LogP contribution >= 0.6 is 0 Å². The summed E-state index contributed by atoms with van der Waals surface area (Å²) >= 11 is 0. The fraction of sp³-hybridized carbons (Fsp3) is 0.353. The minimum absolute atomic E-state index is 0.0185. The number of aryl methyl sites for hydroxylation is 3. The van der Waals surface area contributed by atoms with Crippen LogP contribution in [-0.2, 0) is 6.42 Å². The van der Waals surface area contributed by atoms with Gasteiger partial charge in [0.05, 0.1) is 0 Å². The molecule has 0 atom stereocenters. The van der Waals surface area contributed by atoms with Crippen molar-refractivity contribution < 1.29 is 4.39 Å². The molecule has 0 heterocycles. The minimum Gasteiger partial charge on any atom is -0.211 e. The molecule has 0 unspecified atom stereocenters. The first-order valence-electron chi connectivity index (χ1n) is 12.7. The molecule has 0 aliphatic heterocycles. The SMILES string of the molecule is C=C(C)CC.C=C1CCc2c(C)ccc(c2C)-c2c(C)cc(C)cc21.C=CC1=C(F)CCC=C1C. The van der Waals surface area contributed by atoms with Crippen LogP contribution in [0.15, 0.2) is 78.7 Å². The van der Waals surface area contributed by atoms with Gasteiger partial charge in [-0.2, -0.15) is 0 Å². The van der Waals surface area contributed by atoms with E-state index in [1.165, 1.54) is 55.7 Å². The molecule has 2 bridgehead atoms. The maximum absolute atomic E-state index is 12.9. The zero-order valence-corrected chi connectivity index (χ0v) is 23.0. The van der Waals surface area contributed by atoms with E-state index in [1.54, 1.807) is 6.08 Å². The molecule has 0 saturated carbocycles. The molecule has 2 aliphatic carbocycles. The first kappa shape index (κ1) is 28.3. The Morgan fingerprint density at radius 1 is 0.971 bits per heavy atom. The molecular formula is C34H43F. The summed E-state index contributed by atoms with van der Waals surface area (Å²) in [6.45, 7) is 26.5. The van der Waals surface area contributed by atoms with Gasteiger partial charge >= 0.3 is 0 Å². The van der Waals surface area contributed by atoms with Gasteiger partial charge in [-0.1, -0.05) is 67.6 Å². The second-order valence-electron chi connectivity index (χ2n) is 9.90. The molecule has 0 aromatic heterocycles. The molecule has 186 valence electrons. The van der Waals surface area contributed by atoms with E-state index in [1.807, 2.05) is 19.9 Å². The molecule has 0 saturated heterocycles. The Morgan fingerprint density at radius 2 is 1.63 bits per heavy atom. The Labute approximate surface area is 213 Å². The smallest absolute Gasteiger partial charge is 0.108 e. The molecule has 0 N–H and O–H groups in total. The molecule has 1 heteroatoms. The quantitative estimate of drug-likeness (QED) is 0.383. The molecule has 2 aromatic rings. The van der Waals surface area contributed by atoms with Gasteiger partial charge in [-0.25, -0.2) is 4.39 Å². The van der Waals surface area contributed by atoms with Crippen molar-refractivity contribution in [3.63, 3.8) is 0 Å². The monoisotopic (exact) mass is 470 g/mol. The van der Waals surface area contributed by atoms with Gasteiger partial charge < -0.3 is 0 Å². The van der Waals surface area contributed by atoms with E-state index < -0.39 is 0 Å². The van der Waals surface area contributed by atoms with Crippen LogP contribution in [-0.4, -0.2) is 0 Å². The number of allylic oxidation sites excluding steroid dienone is 7. The van der Waals surface area contributed by atoms with Crippen LogP contribution in [0.1, 0.15) is 79.8 Å². The predicted molar refractivity (Wildman–Crippen MR) is 155 cm³/mol. The number of halogens is 1. The summed E-state index contributed by atoms with van der Waals surface area (Å²) in [6, 6.07) is 9.14. The van der Waals surface area contributed by atoms with Crippen molar-refractivity contribution in [3.05, 3.63) is 112 Å². The fourth-order valence-corrected chi connectivity index (χ4v) is 4.71. The lowest BCUT2D eigenvalue weighted by Gasteiger charge is -2.24. The van der Waals surface area contributed by atoms with Gasteiger partial charge in [0, 0.05) is 12.0 Å². The van der Waals surface area contributed by atoms with Gasteiger partial charge in [0.25, 0.3) is 0 Å². The lowest BCUT2D eigenvalue weighted by Crippen LogP contribution is -2.04. The van der Waals surface area contributed by atoms with E-state index in [9.17, 15) is 4.39 Å². The Kier molecular flexibility index (Phi) is 10.3. The van der Waals surface area contributed by atoms with Crippen molar-refractivity contribution in [2.24, 2.45) is 0 Å². The Bertz CT molecular complexity index is 1180. The van der Waals surface area contributed by atoms with E-state index in [4.69, 9.17) is 0 Å². The van der Waals surface area contributed by atoms with E-state index in [0.717, 1.165) is 31.3 Å². The summed E-state index contributed by atoms with van der Waals surface area (Å²) in [4.78, 5) is 0. The highest BCUT2D eigenvalue weighted by Gasteiger charge is 2.19. The third-order valence-electron chi connectivity index (χ3n) is 6.98. The first-order chi connectivity index (χ1) is 16.5. The first-order valence-corrected chi connectivity index (χ1v) is 12.7. The van der Waals surface area contributed by atoms with Crippen molar-refractivity contribution >= 4 is 5.57 Å². The van der Waals surface area contributed by atoms with Crippen LogP contribution in [0.3, 0.4) is 0 Å². The van der Waals surface area contributed by atoms with Crippen molar-refractivity contribution in [2.75, 3.05) is 0 Å². The molecule has 0 radical (unpaired) electrons. The summed E-state index contributed by atoms with van der Waals surface area (Å²) in [7, 11) is 0. The highest BCUT2D eigenvalue weighted by atomic mass is 19.1. The standard InChI is InChI=1S/C20H22.C9H11F.C5H10/c1-12-10-15(4)20-18-9-7-13(2)17(16(18)5)8-6-14(3)19(20)11-12;1-3-8-7(2)5-4-6-9(8)10;1-4-5(2)3/h7,9-11H,3,6,8H2,1-2,4-5H3;3,5H,1,4,6H2,2H3;2,4H2,1,3H3. The fourth-order valence-electron chi connectivity index (χ4n) is 4.71. The number of rotatable bonds is 2. The maximum Gasteiger partial charge on any atom is 0.108 e. The molecule has 0 spiro atoms. The number of fused-ring (bicyclic) bond motifs is 4. The number of hydrogen-bond acceptors (Lipinski definition) is 0. The second kappa shape index (κ2) is 12.7. The summed E-state index contributed by atoms with van der Waals surface area (Å²) in [6.07, 6.45) is 8.27. The van der Waals surface area contributed by atoms with Crippen molar-refractivity contribution in [3.8, 4) is 11.1 Å². The highest BCUT2D eigenvalue weighted by molar-refractivity contribution is 5.86. The Hall–Kier alpha value is -2.93. The van der Waals surface area contributed by atoms with Crippen LogP contribution in [0.4, 0.5) is 4.39 Å². The molecule has 0 fully saturated rings. The van der Waals surface area contributed by atoms with Crippen molar-refractivity contribution in [1.29, 1.82) is 0 Å². The maximum atomic E-state index is 12.9.